The number of halogens is 2. The molecule has 1 atom stereocenters. The van der Waals surface area contributed by atoms with Crippen LogP contribution in [0.25, 0.3) is 0 Å². The molecule has 22 heavy (non-hydrogen) atoms. The summed E-state index contributed by atoms with van der Waals surface area (Å²) in [7, 11) is 11.3. The Morgan fingerprint density at radius 2 is 0.682 bits per heavy atom. The molecule has 3 aromatic carbocycles. The SMILES string of the molecule is P.[Cl][Ni]([Cl])([c]1ccccc1)([c]1ccccc1)[c]1ccccc1. The minimum atomic E-state index is -3.24. The van der Waals surface area contributed by atoms with Gasteiger partial charge in [-0.1, -0.05) is 0 Å². The van der Waals surface area contributed by atoms with E-state index in [9.17, 15) is 0 Å². The van der Waals surface area contributed by atoms with Crippen LogP contribution in [0, 0.1) is 0 Å². The van der Waals surface area contributed by atoms with Crippen LogP contribution in [0.15, 0.2) is 91.0 Å². The van der Waals surface area contributed by atoms with Crippen molar-refractivity contribution in [2.45, 2.75) is 0 Å². The number of benzene rings is 3. The first-order valence-electron chi connectivity index (χ1n) is 6.45. The molecule has 0 spiro atoms. The fourth-order valence-electron chi connectivity index (χ4n) is 2.08. The number of hydrogen-bond acceptors (Lipinski definition) is 0. The van der Waals surface area contributed by atoms with Crippen LogP contribution in [0.4, 0.5) is 0 Å². The Morgan fingerprint density at radius 1 is 0.455 bits per heavy atom. The molecule has 119 valence electrons. The van der Waals surface area contributed by atoms with Crippen LogP contribution in [0.3, 0.4) is 0 Å². The van der Waals surface area contributed by atoms with E-state index in [0.29, 0.717) is 0 Å². The summed E-state index contributed by atoms with van der Waals surface area (Å²) in [5, 5.41) is 0. The Labute approximate surface area is 144 Å². The minimum absolute atomic E-state index is 0. The van der Waals surface area contributed by atoms with Gasteiger partial charge < -0.3 is 0 Å². The van der Waals surface area contributed by atoms with Gasteiger partial charge in [0, 0.05) is 0 Å². The van der Waals surface area contributed by atoms with E-state index in [1.807, 2.05) is 91.0 Å². The molecule has 0 aliphatic rings. The summed E-state index contributed by atoms with van der Waals surface area (Å²) in [5.74, 6) is 0. The van der Waals surface area contributed by atoms with Crippen LogP contribution in [-0.4, -0.2) is 0 Å². The molecule has 0 radical (unpaired) electrons. The average Bonchev–Trinajstić information content (AvgIpc) is 2.57. The maximum absolute atomic E-state index is 7.25. The molecule has 0 saturated heterocycles. The fourth-order valence-corrected chi connectivity index (χ4v) is 7.34. The Kier molecular flexibility index (Phi) is 5.36. The molecule has 0 fully saturated rings. The van der Waals surface area contributed by atoms with Gasteiger partial charge in [0.1, 0.15) is 0 Å². The zero-order chi connectivity index (χ0) is 14.8. The predicted molar refractivity (Wildman–Crippen MR) is 101 cm³/mol. The van der Waals surface area contributed by atoms with E-state index in [2.05, 4.69) is 0 Å². The Balaban J connectivity index is 0.00000176. The quantitative estimate of drug-likeness (QED) is 0.465. The summed E-state index contributed by atoms with van der Waals surface area (Å²) in [4.78, 5) is 0. The molecule has 0 nitrogen and oxygen atoms in total. The van der Waals surface area contributed by atoms with Crippen molar-refractivity contribution in [2.24, 2.45) is 0 Å². The summed E-state index contributed by atoms with van der Waals surface area (Å²) >= 11 is 0. The fraction of sp³-hybridized carbons (Fsp3) is 0. The van der Waals surface area contributed by atoms with E-state index in [4.69, 9.17) is 20.4 Å². The van der Waals surface area contributed by atoms with E-state index < -0.39 is 9.58 Å². The second-order valence-electron chi connectivity index (χ2n) is 4.42. The molecule has 0 bridgehead atoms. The predicted octanol–water partition coefficient (Wildman–Crippen LogP) is 4.02. The van der Waals surface area contributed by atoms with Crippen LogP contribution >= 0.6 is 30.3 Å². The molecular formula is C18H18Cl2NiP. The normalized spacial score (nSPS) is 12.7. The van der Waals surface area contributed by atoms with E-state index in [-0.39, 0.29) is 9.90 Å². The van der Waals surface area contributed by atoms with E-state index >= 15 is 0 Å². The number of hydrogen-bond donors (Lipinski definition) is 0. The van der Waals surface area contributed by atoms with Gasteiger partial charge in [0.2, 0.25) is 0 Å². The molecule has 0 aliphatic carbocycles. The van der Waals surface area contributed by atoms with Crippen molar-refractivity contribution >= 4 is 43.9 Å². The van der Waals surface area contributed by atoms with Gasteiger partial charge in [0.25, 0.3) is 0 Å². The summed E-state index contributed by atoms with van der Waals surface area (Å²) in [5.41, 5.74) is 0. The summed E-state index contributed by atoms with van der Waals surface area (Å²) in [6.45, 7) is 0. The first-order valence-corrected chi connectivity index (χ1v) is 10.6. The summed E-state index contributed by atoms with van der Waals surface area (Å²) in [6.07, 6.45) is 0. The van der Waals surface area contributed by atoms with Gasteiger partial charge in [-0.25, -0.2) is 0 Å². The Morgan fingerprint density at radius 3 is 0.909 bits per heavy atom. The second-order valence-corrected chi connectivity index (χ2v) is 12.6. The van der Waals surface area contributed by atoms with Crippen LogP contribution in [0.2, 0.25) is 0 Å². The molecule has 0 aliphatic heterocycles. The van der Waals surface area contributed by atoms with E-state index in [1.165, 1.54) is 0 Å². The number of rotatable bonds is 3. The van der Waals surface area contributed by atoms with Gasteiger partial charge in [-0.05, 0) is 0 Å². The third-order valence-corrected chi connectivity index (χ3v) is 10.5. The Bertz CT molecular complexity index is 627. The topological polar surface area (TPSA) is 0 Å². The third-order valence-electron chi connectivity index (χ3n) is 3.10. The molecule has 0 saturated carbocycles. The molecular weight excluding hydrogens is 377 g/mol. The van der Waals surface area contributed by atoms with Gasteiger partial charge in [0.05, 0.1) is 0 Å². The zero-order valence-corrected chi connectivity index (χ0v) is 15.9. The maximum atomic E-state index is 7.25. The average molecular weight is 395 g/mol. The van der Waals surface area contributed by atoms with E-state index in [1.54, 1.807) is 0 Å². The van der Waals surface area contributed by atoms with Crippen LogP contribution in [0.1, 0.15) is 0 Å². The second kappa shape index (κ2) is 6.73. The van der Waals surface area contributed by atoms with Crippen molar-refractivity contribution in [2.75, 3.05) is 0 Å². The van der Waals surface area contributed by atoms with Gasteiger partial charge >= 0.3 is 135 Å². The van der Waals surface area contributed by atoms with Crippen molar-refractivity contribution < 1.29 is 9.58 Å². The van der Waals surface area contributed by atoms with Gasteiger partial charge in [-0.3, -0.25) is 0 Å². The standard InChI is InChI=1S/3C6H5.2ClH.Ni.H3P/c3*1-2-4-6-5-3-1;;;;/h3*1-5H;2*1H;;1H3/q;;;;;+2;/p-2. The van der Waals surface area contributed by atoms with Gasteiger partial charge in [-0.15, -0.1) is 0 Å². The van der Waals surface area contributed by atoms with Crippen LogP contribution in [-0.2, 0) is 9.58 Å². The molecule has 0 aromatic heterocycles. The summed E-state index contributed by atoms with van der Waals surface area (Å²) < 4.78 is 2.85. The molecule has 1 unspecified atom stereocenters. The zero-order valence-electron chi connectivity index (χ0n) is 11.9. The molecule has 0 N–H and O–H groups in total. The van der Waals surface area contributed by atoms with Gasteiger partial charge in [-0.2, -0.15) is 9.90 Å². The van der Waals surface area contributed by atoms with Crippen LogP contribution < -0.4 is 13.6 Å². The van der Waals surface area contributed by atoms with Gasteiger partial charge in [0.15, 0.2) is 0 Å². The van der Waals surface area contributed by atoms with Crippen LogP contribution in [0.5, 0.6) is 0 Å². The van der Waals surface area contributed by atoms with Crippen molar-refractivity contribution in [3.05, 3.63) is 91.0 Å². The first-order chi connectivity index (χ1) is 10.1. The molecule has 3 aromatic rings. The van der Waals surface area contributed by atoms with Crippen molar-refractivity contribution in [1.82, 2.24) is 0 Å². The molecule has 0 heterocycles. The first kappa shape index (κ1) is 17.5. The van der Waals surface area contributed by atoms with E-state index in [0.717, 1.165) is 13.6 Å². The Hall–Kier alpha value is -0.836. The summed E-state index contributed by atoms with van der Waals surface area (Å²) in [6, 6.07) is 29.8. The van der Waals surface area contributed by atoms with Crippen molar-refractivity contribution in [3.8, 4) is 0 Å². The van der Waals surface area contributed by atoms with Crippen molar-refractivity contribution in [1.29, 1.82) is 0 Å². The monoisotopic (exact) mass is 393 g/mol. The molecule has 3 rings (SSSR count). The molecule has 4 heteroatoms. The third kappa shape index (κ3) is 2.84. The molecule has 0 amide bonds. The van der Waals surface area contributed by atoms with Crippen molar-refractivity contribution in [3.63, 3.8) is 0 Å².